The molecule has 0 fully saturated rings. The normalized spacial score (nSPS) is 11.8. The topological polar surface area (TPSA) is 17.8 Å². The van der Waals surface area contributed by atoms with Crippen LogP contribution in [0, 0.1) is 0 Å². The van der Waals surface area contributed by atoms with Gasteiger partial charge in [0.15, 0.2) is 0 Å². The third kappa shape index (κ3) is 2.41. The van der Waals surface area contributed by atoms with Gasteiger partial charge in [0.25, 0.3) is 0 Å². The molecule has 17 heavy (non-hydrogen) atoms. The number of nitrogens with zero attached hydrogens (tertiary/aromatic N) is 2. The number of hydrogen-bond acceptors (Lipinski definition) is 1. The van der Waals surface area contributed by atoms with E-state index in [-0.39, 0.29) is 5.41 Å². The lowest BCUT2D eigenvalue weighted by Gasteiger charge is -2.19. The maximum Gasteiger partial charge on any atom is 0.0926 e. The fourth-order valence-corrected chi connectivity index (χ4v) is 2.01. The molecule has 90 valence electrons. The lowest BCUT2D eigenvalue weighted by molar-refractivity contribution is 0.498. The largest absolute Gasteiger partial charge is 0.269 e. The molecule has 0 aliphatic heterocycles. The molecule has 0 saturated heterocycles. The third-order valence-corrected chi connectivity index (χ3v) is 2.92. The first-order valence-electron chi connectivity index (χ1n) is 6.16. The molecule has 0 bridgehead atoms. The van der Waals surface area contributed by atoms with Gasteiger partial charge in [0.1, 0.15) is 0 Å². The van der Waals surface area contributed by atoms with Crippen molar-refractivity contribution in [2.75, 3.05) is 0 Å². The van der Waals surface area contributed by atoms with E-state index < -0.39 is 0 Å². The number of hydrogen-bond donors (Lipinski definition) is 0. The Morgan fingerprint density at radius 3 is 2.24 bits per heavy atom. The van der Waals surface area contributed by atoms with Crippen LogP contribution in [0.2, 0.25) is 0 Å². The second-order valence-electron chi connectivity index (χ2n) is 5.35. The van der Waals surface area contributed by atoms with Crippen molar-refractivity contribution >= 4 is 0 Å². The molecule has 0 unspecified atom stereocenters. The van der Waals surface area contributed by atoms with E-state index in [1.165, 1.54) is 11.3 Å². The summed E-state index contributed by atoms with van der Waals surface area (Å²) in [4.78, 5) is 0. The maximum absolute atomic E-state index is 4.68. The lowest BCUT2D eigenvalue weighted by atomic mass is 9.91. The average molecular weight is 228 g/mol. The van der Waals surface area contributed by atoms with E-state index in [1.807, 2.05) is 6.07 Å². The highest BCUT2D eigenvalue weighted by molar-refractivity contribution is 5.59. The fourth-order valence-electron chi connectivity index (χ4n) is 2.01. The van der Waals surface area contributed by atoms with E-state index >= 15 is 0 Å². The van der Waals surface area contributed by atoms with Crippen molar-refractivity contribution in [1.29, 1.82) is 0 Å². The van der Waals surface area contributed by atoms with Crippen molar-refractivity contribution in [3.05, 3.63) is 42.1 Å². The van der Waals surface area contributed by atoms with Gasteiger partial charge in [-0.25, -0.2) is 0 Å². The van der Waals surface area contributed by atoms with Crippen LogP contribution in [-0.2, 0) is 12.0 Å². The Balaban J connectivity index is 2.49. The molecule has 2 aromatic rings. The molecule has 2 nitrogen and oxygen atoms in total. The van der Waals surface area contributed by atoms with Crippen LogP contribution in [0.3, 0.4) is 0 Å². The minimum Gasteiger partial charge on any atom is -0.269 e. The summed E-state index contributed by atoms with van der Waals surface area (Å²) in [5.74, 6) is 0. The van der Waals surface area contributed by atoms with Crippen LogP contribution in [-0.4, -0.2) is 9.78 Å². The molecule has 1 aromatic heterocycles. The average Bonchev–Trinajstić information content (AvgIpc) is 2.74. The van der Waals surface area contributed by atoms with E-state index in [0.29, 0.717) is 0 Å². The highest BCUT2D eigenvalue weighted by Gasteiger charge is 2.20. The maximum atomic E-state index is 4.68. The number of aromatic nitrogens is 2. The van der Waals surface area contributed by atoms with Gasteiger partial charge in [-0.15, -0.1) is 0 Å². The molecule has 1 aromatic carbocycles. The molecule has 0 aliphatic carbocycles. The summed E-state index contributed by atoms with van der Waals surface area (Å²) in [7, 11) is 0. The minimum absolute atomic E-state index is 0.135. The number of aryl methyl sites for hydroxylation is 1. The second-order valence-corrected chi connectivity index (χ2v) is 5.35. The lowest BCUT2D eigenvalue weighted by Crippen LogP contribution is -2.17. The Labute approximate surface area is 103 Å². The molecule has 0 radical (unpaired) electrons. The molecule has 2 heteroatoms. The Morgan fingerprint density at radius 2 is 1.76 bits per heavy atom. The molecular weight excluding hydrogens is 208 g/mol. The zero-order valence-corrected chi connectivity index (χ0v) is 11.1. The third-order valence-electron chi connectivity index (χ3n) is 2.92. The molecule has 0 N–H and O–H groups in total. The Morgan fingerprint density at radius 1 is 1.12 bits per heavy atom. The van der Waals surface area contributed by atoms with E-state index in [0.717, 1.165) is 12.2 Å². The van der Waals surface area contributed by atoms with Crippen LogP contribution in [0.4, 0.5) is 0 Å². The number of rotatable bonds is 2. The van der Waals surface area contributed by atoms with Crippen LogP contribution in [0.25, 0.3) is 11.3 Å². The first-order chi connectivity index (χ1) is 8.02. The monoisotopic (exact) mass is 228 g/mol. The Kier molecular flexibility index (Phi) is 3.05. The smallest absolute Gasteiger partial charge is 0.0926 e. The van der Waals surface area contributed by atoms with Crippen LogP contribution < -0.4 is 0 Å². The van der Waals surface area contributed by atoms with Crippen molar-refractivity contribution in [2.45, 2.75) is 39.7 Å². The van der Waals surface area contributed by atoms with E-state index in [1.54, 1.807) is 0 Å². The molecular formula is C15H20N2. The van der Waals surface area contributed by atoms with Gasteiger partial charge in [-0.05, 0) is 13.0 Å². The van der Waals surface area contributed by atoms with Crippen LogP contribution in [0.15, 0.2) is 36.4 Å². The molecule has 2 rings (SSSR count). The standard InChI is InChI=1S/C15H20N2/c1-5-17-14(15(2,3)4)11-13(16-17)12-9-7-6-8-10-12/h6-11H,5H2,1-4H3. The van der Waals surface area contributed by atoms with Gasteiger partial charge < -0.3 is 0 Å². The predicted molar refractivity (Wildman–Crippen MR) is 72.0 cm³/mol. The Hall–Kier alpha value is -1.57. The summed E-state index contributed by atoms with van der Waals surface area (Å²) < 4.78 is 2.10. The minimum atomic E-state index is 0.135. The van der Waals surface area contributed by atoms with E-state index in [2.05, 4.69) is 67.8 Å². The zero-order chi connectivity index (χ0) is 12.5. The van der Waals surface area contributed by atoms with Crippen molar-refractivity contribution in [1.82, 2.24) is 9.78 Å². The zero-order valence-electron chi connectivity index (χ0n) is 11.1. The summed E-state index contributed by atoms with van der Waals surface area (Å²) in [6.45, 7) is 9.73. The summed E-state index contributed by atoms with van der Waals surface area (Å²) in [6.07, 6.45) is 0. The van der Waals surface area contributed by atoms with Gasteiger partial charge >= 0.3 is 0 Å². The molecule has 0 amide bonds. The molecule has 0 aliphatic rings. The molecule has 0 spiro atoms. The highest BCUT2D eigenvalue weighted by Crippen LogP contribution is 2.27. The van der Waals surface area contributed by atoms with Crippen molar-refractivity contribution in [3.8, 4) is 11.3 Å². The first-order valence-corrected chi connectivity index (χ1v) is 6.16. The van der Waals surface area contributed by atoms with Crippen LogP contribution in [0.1, 0.15) is 33.4 Å². The summed E-state index contributed by atoms with van der Waals surface area (Å²) in [6, 6.07) is 12.6. The summed E-state index contributed by atoms with van der Waals surface area (Å²) in [5, 5.41) is 4.68. The van der Waals surface area contributed by atoms with Crippen LogP contribution >= 0.6 is 0 Å². The molecule has 0 saturated carbocycles. The molecule has 0 atom stereocenters. The Bertz CT molecular complexity index is 489. The van der Waals surface area contributed by atoms with Gasteiger partial charge in [0.05, 0.1) is 5.69 Å². The van der Waals surface area contributed by atoms with Gasteiger partial charge in [0, 0.05) is 23.2 Å². The first kappa shape index (κ1) is 11.9. The van der Waals surface area contributed by atoms with Crippen molar-refractivity contribution < 1.29 is 0 Å². The van der Waals surface area contributed by atoms with Crippen molar-refractivity contribution in [3.63, 3.8) is 0 Å². The molecule has 1 heterocycles. The summed E-state index contributed by atoms with van der Waals surface area (Å²) in [5.41, 5.74) is 3.68. The summed E-state index contributed by atoms with van der Waals surface area (Å²) >= 11 is 0. The van der Waals surface area contributed by atoms with E-state index in [4.69, 9.17) is 0 Å². The quantitative estimate of drug-likeness (QED) is 0.763. The highest BCUT2D eigenvalue weighted by atomic mass is 15.3. The second kappa shape index (κ2) is 4.36. The van der Waals surface area contributed by atoms with Gasteiger partial charge in [-0.1, -0.05) is 51.1 Å². The van der Waals surface area contributed by atoms with Gasteiger partial charge in [-0.3, -0.25) is 4.68 Å². The predicted octanol–water partition coefficient (Wildman–Crippen LogP) is 3.87. The van der Waals surface area contributed by atoms with Gasteiger partial charge in [-0.2, -0.15) is 5.10 Å². The number of benzene rings is 1. The van der Waals surface area contributed by atoms with E-state index in [9.17, 15) is 0 Å². The SMILES string of the molecule is CCn1nc(-c2ccccc2)cc1C(C)(C)C. The van der Waals surface area contributed by atoms with Crippen LogP contribution in [0.5, 0.6) is 0 Å². The van der Waals surface area contributed by atoms with Crippen molar-refractivity contribution in [2.24, 2.45) is 0 Å². The fraction of sp³-hybridized carbons (Fsp3) is 0.400. The van der Waals surface area contributed by atoms with Gasteiger partial charge in [0.2, 0.25) is 0 Å².